The minimum absolute atomic E-state index is 0.000913. The minimum Gasteiger partial charge on any atom is -0.323 e. The maximum absolute atomic E-state index is 13.6. The molecule has 0 saturated carbocycles. The SMILES string of the molecule is O=C(CSc1nnc2sc3ccccc3n12)Nc1cc(F)ccc1F. The molecule has 2 aromatic heterocycles. The van der Waals surface area contributed by atoms with E-state index in [0.717, 1.165) is 33.4 Å². The predicted octanol–water partition coefficient (Wildman–Crippen LogP) is 3.95. The Hall–Kier alpha value is -2.52. The molecule has 0 fully saturated rings. The van der Waals surface area contributed by atoms with Crippen LogP contribution in [0.4, 0.5) is 14.5 Å². The zero-order valence-electron chi connectivity index (χ0n) is 12.6. The highest BCUT2D eigenvalue weighted by Gasteiger charge is 2.15. The van der Waals surface area contributed by atoms with Crippen molar-refractivity contribution in [3.8, 4) is 0 Å². The predicted molar refractivity (Wildman–Crippen MR) is 94.1 cm³/mol. The Morgan fingerprint density at radius 2 is 2.04 bits per heavy atom. The number of rotatable bonds is 4. The molecule has 0 spiro atoms. The van der Waals surface area contributed by atoms with Gasteiger partial charge < -0.3 is 5.32 Å². The van der Waals surface area contributed by atoms with Crippen LogP contribution in [0.15, 0.2) is 47.6 Å². The Balaban J connectivity index is 1.52. The van der Waals surface area contributed by atoms with Gasteiger partial charge in [0, 0.05) is 6.07 Å². The molecular formula is C16H10F2N4OS2. The average Bonchev–Trinajstić information content (AvgIpc) is 3.15. The van der Waals surface area contributed by atoms with Crippen molar-refractivity contribution in [2.75, 3.05) is 11.1 Å². The van der Waals surface area contributed by atoms with E-state index in [0.29, 0.717) is 5.16 Å². The maximum atomic E-state index is 13.6. The third-order valence-electron chi connectivity index (χ3n) is 3.45. The molecule has 126 valence electrons. The standard InChI is InChI=1S/C16H10F2N4OS2/c17-9-5-6-10(18)11(7-9)19-14(23)8-24-15-20-21-16-22(15)12-3-1-2-4-13(12)25-16/h1-7H,8H2,(H,19,23). The topological polar surface area (TPSA) is 59.3 Å². The third-order valence-corrected chi connectivity index (χ3v) is 5.39. The van der Waals surface area contributed by atoms with Crippen LogP contribution in [0.2, 0.25) is 0 Å². The lowest BCUT2D eigenvalue weighted by atomic mass is 10.3. The molecule has 0 aliphatic rings. The highest BCUT2D eigenvalue weighted by atomic mass is 32.2. The number of nitrogens with one attached hydrogen (secondary N) is 1. The van der Waals surface area contributed by atoms with E-state index in [-0.39, 0.29) is 11.4 Å². The van der Waals surface area contributed by atoms with Gasteiger partial charge in [-0.2, -0.15) is 0 Å². The van der Waals surface area contributed by atoms with Crippen molar-refractivity contribution in [2.24, 2.45) is 0 Å². The molecule has 0 radical (unpaired) electrons. The number of para-hydroxylation sites is 1. The van der Waals surface area contributed by atoms with Gasteiger partial charge in [0.15, 0.2) is 5.16 Å². The summed E-state index contributed by atoms with van der Waals surface area (Å²) in [5, 5.41) is 11.1. The second kappa shape index (κ2) is 6.41. The molecule has 1 amide bonds. The van der Waals surface area contributed by atoms with Crippen LogP contribution < -0.4 is 5.32 Å². The third kappa shape index (κ3) is 3.08. The van der Waals surface area contributed by atoms with Gasteiger partial charge in [0.25, 0.3) is 0 Å². The van der Waals surface area contributed by atoms with Crippen LogP contribution in [0.3, 0.4) is 0 Å². The van der Waals surface area contributed by atoms with E-state index in [4.69, 9.17) is 0 Å². The Morgan fingerprint density at radius 3 is 2.92 bits per heavy atom. The normalized spacial score (nSPS) is 11.3. The lowest BCUT2D eigenvalue weighted by molar-refractivity contribution is -0.113. The number of benzene rings is 2. The van der Waals surface area contributed by atoms with E-state index in [1.165, 1.54) is 23.1 Å². The number of thioether (sulfide) groups is 1. The zero-order chi connectivity index (χ0) is 17.4. The average molecular weight is 376 g/mol. The van der Waals surface area contributed by atoms with Gasteiger partial charge in [0.1, 0.15) is 11.6 Å². The summed E-state index contributed by atoms with van der Waals surface area (Å²) in [6.45, 7) is 0. The number of nitrogens with zero attached hydrogens (tertiary/aromatic N) is 3. The summed E-state index contributed by atoms with van der Waals surface area (Å²) in [6.07, 6.45) is 0. The first-order chi connectivity index (χ1) is 12.1. The number of thiazole rings is 1. The summed E-state index contributed by atoms with van der Waals surface area (Å²) in [6, 6.07) is 10.7. The smallest absolute Gasteiger partial charge is 0.234 e. The Bertz CT molecular complexity index is 1090. The fraction of sp³-hybridized carbons (Fsp3) is 0.0625. The van der Waals surface area contributed by atoms with Crippen molar-refractivity contribution >= 4 is 49.9 Å². The number of anilines is 1. The molecule has 0 unspecified atom stereocenters. The van der Waals surface area contributed by atoms with Crippen molar-refractivity contribution in [2.45, 2.75) is 5.16 Å². The fourth-order valence-electron chi connectivity index (χ4n) is 2.36. The number of carbonyl (C=O) groups excluding carboxylic acids is 1. The molecule has 0 saturated heterocycles. The summed E-state index contributed by atoms with van der Waals surface area (Å²) in [4.78, 5) is 12.8. The maximum Gasteiger partial charge on any atom is 0.234 e. The largest absolute Gasteiger partial charge is 0.323 e. The fourth-order valence-corrected chi connectivity index (χ4v) is 4.13. The van der Waals surface area contributed by atoms with Gasteiger partial charge in [0.05, 0.1) is 21.7 Å². The van der Waals surface area contributed by atoms with Gasteiger partial charge in [0.2, 0.25) is 10.9 Å². The molecule has 0 aliphatic heterocycles. The van der Waals surface area contributed by atoms with Gasteiger partial charge in [-0.15, -0.1) is 10.2 Å². The van der Waals surface area contributed by atoms with E-state index >= 15 is 0 Å². The molecule has 4 aromatic rings. The van der Waals surface area contributed by atoms with E-state index in [1.54, 1.807) is 0 Å². The highest BCUT2D eigenvalue weighted by molar-refractivity contribution is 7.99. The van der Waals surface area contributed by atoms with E-state index in [1.807, 2.05) is 28.7 Å². The molecule has 0 atom stereocenters. The Kier molecular flexibility index (Phi) is 4.10. The summed E-state index contributed by atoms with van der Waals surface area (Å²) in [5.74, 6) is -1.76. The van der Waals surface area contributed by atoms with Crippen molar-refractivity contribution in [1.29, 1.82) is 0 Å². The first kappa shape index (κ1) is 16.0. The number of halogens is 2. The van der Waals surface area contributed by atoms with Crippen LogP contribution in [0.5, 0.6) is 0 Å². The van der Waals surface area contributed by atoms with Crippen LogP contribution in [0, 0.1) is 11.6 Å². The van der Waals surface area contributed by atoms with Gasteiger partial charge in [-0.25, -0.2) is 8.78 Å². The number of hydrogen-bond acceptors (Lipinski definition) is 5. The Morgan fingerprint density at radius 1 is 1.20 bits per heavy atom. The first-order valence-corrected chi connectivity index (χ1v) is 9.02. The number of hydrogen-bond donors (Lipinski definition) is 1. The van der Waals surface area contributed by atoms with Gasteiger partial charge in [-0.05, 0) is 24.3 Å². The zero-order valence-corrected chi connectivity index (χ0v) is 14.2. The van der Waals surface area contributed by atoms with Crippen molar-refractivity contribution < 1.29 is 13.6 Å². The van der Waals surface area contributed by atoms with Crippen LogP contribution in [0.25, 0.3) is 15.2 Å². The van der Waals surface area contributed by atoms with Crippen molar-refractivity contribution in [3.05, 3.63) is 54.1 Å². The van der Waals surface area contributed by atoms with Crippen molar-refractivity contribution in [1.82, 2.24) is 14.6 Å². The molecule has 0 aliphatic carbocycles. The summed E-state index contributed by atoms with van der Waals surface area (Å²) in [5.41, 5.74) is 0.782. The van der Waals surface area contributed by atoms with Crippen LogP contribution in [-0.2, 0) is 4.79 Å². The number of carbonyl (C=O) groups is 1. The molecule has 9 heteroatoms. The lowest BCUT2D eigenvalue weighted by Gasteiger charge is -2.06. The second-order valence-electron chi connectivity index (χ2n) is 5.13. The molecule has 2 aromatic carbocycles. The monoisotopic (exact) mass is 376 g/mol. The first-order valence-electron chi connectivity index (χ1n) is 7.22. The van der Waals surface area contributed by atoms with E-state index < -0.39 is 17.5 Å². The van der Waals surface area contributed by atoms with E-state index in [9.17, 15) is 13.6 Å². The molecule has 1 N–H and O–H groups in total. The number of fused-ring (bicyclic) bond motifs is 3. The summed E-state index contributed by atoms with van der Waals surface area (Å²) >= 11 is 2.69. The molecule has 4 rings (SSSR count). The van der Waals surface area contributed by atoms with Gasteiger partial charge in [-0.3, -0.25) is 9.20 Å². The van der Waals surface area contributed by atoms with Crippen LogP contribution >= 0.6 is 23.1 Å². The number of aromatic nitrogens is 3. The molecule has 2 heterocycles. The van der Waals surface area contributed by atoms with Crippen LogP contribution in [0.1, 0.15) is 0 Å². The van der Waals surface area contributed by atoms with E-state index in [2.05, 4.69) is 15.5 Å². The Labute approximate surface area is 148 Å². The molecular weight excluding hydrogens is 366 g/mol. The van der Waals surface area contributed by atoms with Gasteiger partial charge in [-0.1, -0.05) is 35.2 Å². The quantitative estimate of drug-likeness (QED) is 0.548. The lowest BCUT2D eigenvalue weighted by Crippen LogP contribution is -2.15. The molecule has 0 bridgehead atoms. The van der Waals surface area contributed by atoms with Crippen LogP contribution in [-0.4, -0.2) is 26.3 Å². The summed E-state index contributed by atoms with van der Waals surface area (Å²) in [7, 11) is 0. The molecule has 25 heavy (non-hydrogen) atoms. The highest BCUT2D eigenvalue weighted by Crippen LogP contribution is 2.29. The second-order valence-corrected chi connectivity index (χ2v) is 7.08. The number of amides is 1. The van der Waals surface area contributed by atoms with Gasteiger partial charge >= 0.3 is 0 Å². The summed E-state index contributed by atoms with van der Waals surface area (Å²) < 4.78 is 29.7. The minimum atomic E-state index is -0.687. The van der Waals surface area contributed by atoms with Crippen molar-refractivity contribution in [3.63, 3.8) is 0 Å². The molecule has 5 nitrogen and oxygen atoms in total.